The van der Waals surface area contributed by atoms with E-state index in [-0.39, 0.29) is 5.54 Å². The van der Waals surface area contributed by atoms with Gasteiger partial charge in [-0.15, -0.1) is 0 Å². The van der Waals surface area contributed by atoms with Crippen LogP contribution in [0.1, 0.15) is 36.9 Å². The fourth-order valence-electron chi connectivity index (χ4n) is 3.94. The van der Waals surface area contributed by atoms with Crippen LogP contribution in [0.15, 0.2) is 18.2 Å². The first-order chi connectivity index (χ1) is 9.32. The molecule has 19 heavy (non-hydrogen) atoms. The molecule has 0 atom stereocenters. The van der Waals surface area contributed by atoms with Crippen LogP contribution in [0, 0.1) is 0 Å². The largest absolute Gasteiger partial charge is 0.497 e. The molecule has 2 aromatic rings. The highest BCUT2D eigenvalue weighted by molar-refractivity contribution is 5.86. The van der Waals surface area contributed by atoms with E-state index in [1.165, 1.54) is 47.8 Å². The molecule has 100 valence electrons. The zero-order valence-electron chi connectivity index (χ0n) is 11.4. The highest BCUT2D eigenvalue weighted by atomic mass is 16.5. The zero-order chi connectivity index (χ0) is 12.9. The lowest BCUT2D eigenvalue weighted by atomic mass is 9.85. The molecule has 1 aromatic heterocycles. The van der Waals surface area contributed by atoms with Crippen LogP contribution in [0.25, 0.3) is 10.9 Å². The van der Waals surface area contributed by atoms with Gasteiger partial charge in [0.05, 0.1) is 12.6 Å². The van der Waals surface area contributed by atoms with Crippen LogP contribution in [0.2, 0.25) is 0 Å². The maximum Gasteiger partial charge on any atom is 0.119 e. The number of hydrogen-bond acceptors (Lipinski definition) is 2. The zero-order valence-corrected chi connectivity index (χ0v) is 11.4. The molecule has 4 rings (SSSR count). The van der Waals surface area contributed by atoms with Crippen molar-refractivity contribution in [3.63, 3.8) is 0 Å². The van der Waals surface area contributed by atoms with E-state index < -0.39 is 0 Å². The lowest BCUT2D eigenvalue weighted by Gasteiger charge is -2.35. The second-order valence-electron chi connectivity index (χ2n) is 5.86. The maximum absolute atomic E-state index is 5.37. The number of fused-ring (bicyclic) bond motifs is 4. The highest BCUT2D eigenvalue weighted by Gasteiger charge is 2.40. The van der Waals surface area contributed by atoms with E-state index in [9.17, 15) is 0 Å². The van der Waals surface area contributed by atoms with Gasteiger partial charge in [0.25, 0.3) is 0 Å². The van der Waals surface area contributed by atoms with Crippen LogP contribution in [0.5, 0.6) is 5.75 Å². The first kappa shape index (κ1) is 11.4. The minimum absolute atomic E-state index is 0.222. The molecule has 0 bridgehead atoms. The molecule has 3 nitrogen and oxygen atoms in total. The van der Waals surface area contributed by atoms with Crippen LogP contribution in [0.4, 0.5) is 0 Å². The fraction of sp³-hybridized carbons (Fsp3) is 0.500. The van der Waals surface area contributed by atoms with E-state index in [0.29, 0.717) is 0 Å². The summed E-state index contributed by atoms with van der Waals surface area (Å²) in [4.78, 5) is 3.68. The van der Waals surface area contributed by atoms with Gasteiger partial charge in [0, 0.05) is 23.1 Å². The van der Waals surface area contributed by atoms with Crippen molar-refractivity contribution >= 4 is 10.9 Å². The minimum atomic E-state index is 0.222. The van der Waals surface area contributed by atoms with Crippen molar-refractivity contribution in [2.24, 2.45) is 0 Å². The maximum atomic E-state index is 5.37. The first-order valence-corrected chi connectivity index (χ1v) is 7.26. The fourth-order valence-corrected chi connectivity index (χ4v) is 3.94. The molecule has 0 amide bonds. The van der Waals surface area contributed by atoms with Gasteiger partial charge < -0.3 is 15.0 Å². The van der Waals surface area contributed by atoms with Gasteiger partial charge in [0.1, 0.15) is 5.75 Å². The summed E-state index contributed by atoms with van der Waals surface area (Å²) in [5.41, 5.74) is 4.43. The summed E-state index contributed by atoms with van der Waals surface area (Å²) in [7, 11) is 1.74. The summed E-state index contributed by atoms with van der Waals surface area (Å²) in [6.45, 7) is 1.09. The molecule has 1 fully saturated rings. The predicted octanol–water partition coefficient (Wildman–Crippen LogP) is 3.09. The molecule has 0 saturated heterocycles. The summed E-state index contributed by atoms with van der Waals surface area (Å²) in [6, 6.07) is 6.37. The van der Waals surface area contributed by atoms with Gasteiger partial charge >= 0.3 is 0 Å². The Hall–Kier alpha value is -1.48. The summed E-state index contributed by atoms with van der Waals surface area (Å²) < 4.78 is 5.37. The molecular weight excluding hydrogens is 236 g/mol. The van der Waals surface area contributed by atoms with Gasteiger partial charge in [0.2, 0.25) is 0 Å². The van der Waals surface area contributed by atoms with Crippen LogP contribution < -0.4 is 10.1 Å². The minimum Gasteiger partial charge on any atom is -0.497 e. The van der Waals surface area contributed by atoms with Gasteiger partial charge in [-0.25, -0.2) is 0 Å². The predicted molar refractivity (Wildman–Crippen MR) is 76.7 cm³/mol. The van der Waals surface area contributed by atoms with Crippen molar-refractivity contribution in [1.29, 1.82) is 0 Å². The van der Waals surface area contributed by atoms with E-state index in [0.717, 1.165) is 18.7 Å². The van der Waals surface area contributed by atoms with Gasteiger partial charge in [-0.3, -0.25) is 0 Å². The molecule has 1 saturated carbocycles. The number of benzene rings is 1. The van der Waals surface area contributed by atoms with Crippen LogP contribution in [-0.4, -0.2) is 18.6 Å². The molecule has 2 heterocycles. The second kappa shape index (κ2) is 4.01. The summed E-state index contributed by atoms with van der Waals surface area (Å²) >= 11 is 0. The van der Waals surface area contributed by atoms with E-state index in [2.05, 4.69) is 22.4 Å². The van der Waals surface area contributed by atoms with Crippen LogP contribution in [-0.2, 0) is 12.0 Å². The molecular formula is C16H20N2O. The quantitative estimate of drug-likeness (QED) is 0.822. The van der Waals surface area contributed by atoms with Crippen molar-refractivity contribution in [3.8, 4) is 5.75 Å². The molecule has 3 heteroatoms. The Bertz CT molecular complexity index is 623. The number of aromatic amines is 1. The monoisotopic (exact) mass is 256 g/mol. The lowest BCUT2D eigenvalue weighted by molar-refractivity contribution is 0.317. The topological polar surface area (TPSA) is 37.0 Å². The average Bonchev–Trinajstić information content (AvgIpc) is 3.05. The number of rotatable bonds is 1. The molecule has 1 aromatic carbocycles. The van der Waals surface area contributed by atoms with Gasteiger partial charge in [-0.2, -0.15) is 0 Å². The molecule has 0 radical (unpaired) electrons. The smallest absolute Gasteiger partial charge is 0.119 e. The first-order valence-electron chi connectivity index (χ1n) is 7.26. The SMILES string of the molecule is COc1ccc2[nH]c3c(c2c1)CCNC31CCCC1. The molecule has 0 unspecified atom stereocenters. The van der Waals surface area contributed by atoms with Crippen molar-refractivity contribution in [2.45, 2.75) is 37.6 Å². The number of aromatic nitrogens is 1. The van der Waals surface area contributed by atoms with E-state index in [4.69, 9.17) is 4.74 Å². The third-order valence-corrected chi connectivity index (χ3v) is 4.89. The van der Waals surface area contributed by atoms with Crippen LogP contribution in [0.3, 0.4) is 0 Å². The summed E-state index contributed by atoms with van der Waals surface area (Å²) in [6.07, 6.45) is 6.33. The van der Waals surface area contributed by atoms with Crippen molar-refractivity contribution in [3.05, 3.63) is 29.5 Å². The third kappa shape index (κ3) is 1.54. The number of nitrogens with one attached hydrogen (secondary N) is 2. The number of H-pyrrole nitrogens is 1. The van der Waals surface area contributed by atoms with E-state index >= 15 is 0 Å². The lowest BCUT2D eigenvalue weighted by Crippen LogP contribution is -2.45. The Balaban J connectivity index is 1.94. The number of methoxy groups -OCH3 is 1. The summed E-state index contributed by atoms with van der Waals surface area (Å²) in [5.74, 6) is 0.952. The van der Waals surface area contributed by atoms with Gasteiger partial charge in [-0.1, -0.05) is 12.8 Å². The molecule has 1 aliphatic carbocycles. The number of ether oxygens (including phenoxy) is 1. The molecule has 2 aliphatic rings. The summed E-state index contributed by atoms with van der Waals surface area (Å²) in [5, 5.41) is 5.13. The van der Waals surface area contributed by atoms with Crippen molar-refractivity contribution in [2.75, 3.05) is 13.7 Å². The van der Waals surface area contributed by atoms with Gasteiger partial charge in [-0.05, 0) is 43.0 Å². The van der Waals surface area contributed by atoms with Crippen molar-refractivity contribution in [1.82, 2.24) is 10.3 Å². The Morgan fingerprint density at radius 2 is 2.05 bits per heavy atom. The number of hydrogen-bond donors (Lipinski definition) is 2. The normalized spacial score (nSPS) is 20.9. The van der Waals surface area contributed by atoms with Crippen molar-refractivity contribution < 1.29 is 4.74 Å². The molecule has 2 N–H and O–H groups in total. The van der Waals surface area contributed by atoms with Gasteiger partial charge in [0.15, 0.2) is 0 Å². The van der Waals surface area contributed by atoms with E-state index in [1.807, 2.05) is 6.07 Å². The average molecular weight is 256 g/mol. The third-order valence-electron chi connectivity index (χ3n) is 4.89. The molecule has 1 aliphatic heterocycles. The second-order valence-corrected chi connectivity index (χ2v) is 5.86. The highest BCUT2D eigenvalue weighted by Crippen LogP contribution is 2.44. The van der Waals surface area contributed by atoms with Crippen LogP contribution >= 0.6 is 0 Å². The standard InChI is InChI=1S/C16H20N2O/c1-19-11-4-5-14-13(10-11)12-6-9-17-16(15(12)18-14)7-2-3-8-16/h4-5,10,17-18H,2-3,6-9H2,1H3. The van der Waals surface area contributed by atoms with E-state index in [1.54, 1.807) is 7.11 Å². The Morgan fingerprint density at radius 1 is 1.21 bits per heavy atom. The Morgan fingerprint density at radius 3 is 2.84 bits per heavy atom. The Kier molecular flexibility index (Phi) is 2.39. The molecule has 1 spiro atoms. The Labute approximate surface area is 113 Å².